The van der Waals surface area contributed by atoms with Crippen LogP contribution in [0.2, 0.25) is 0 Å². The Labute approximate surface area is 182 Å². The molecule has 4 atom stereocenters. The number of hydrogen-bond donors (Lipinski definition) is 5. The molecule has 11 heteroatoms. The minimum Gasteiger partial charge on any atom is -0.480 e. The van der Waals surface area contributed by atoms with E-state index in [4.69, 9.17) is 11.5 Å². The first kappa shape index (κ1) is 26.3. The first-order chi connectivity index (χ1) is 14.4. The zero-order valence-corrected chi connectivity index (χ0v) is 18.6. The summed E-state index contributed by atoms with van der Waals surface area (Å²) >= 11 is 0. The molecule has 7 N–H and O–H groups in total. The average molecular weight is 442 g/mol. The molecule has 11 nitrogen and oxygen atoms in total. The number of hydrogen-bond acceptors (Lipinski definition) is 6. The van der Waals surface area contributed by atoms with Crippen molar-refractivity contribution < 1.29 is 29.1 Å². The maximum absolute atomic E-state index is 12.9. The molecular weight excluding hydrogens is 406 g/mol. The molecule has 0 aromatic carbocycles. The second-order valence-corrected chi connectivity index (χ2v) is 8.60. The van der Waals surface area contributed by atoms with Crippen molar-refractivity contribution in [1.29, 1.82) is 0 Å². The van der Waals surface area contributed by atoms with E-state index in [0.29, 0.717) is 19.4 Å². The van der Waals surface area contributed by atoms with Gasteiger partial charge in [0.15, 0.2) is 0 Å². The zero-order valence-electron chi connectivity index (χ0n) is 18.6. The van der Waals surface area contributed by atoms with Crippen LogP contribution >= 0.6 is 0 Å². The topological polar surface area (TPSA) is 185 Å². The Morgan fingerprint density at radius 1 is 1.03 bits per heavy atom. The molecule has 2 unspecified atom stereocenters. The van der Waals surface area contributed by atoms with Crippen molar-refractivity contribution in [3.63, 3.8) is 0 Å². The van der Waals surface area contributed by atoms with E-state index in [1.807, 2.05) is 0 Å². The summed E-state index contributed by atoms with van der Waals surface area (Å²) in [5.74, 6) is -3.92. The van der Waals surface area contributed by atoms with Crippen molar-refractivity contribution in [2.24, 2.45) is 23.3 Å². The maximum Gasteiger partial charge on any atom is 0.326 e. The van der Waals surface area contributed by atoms with Gasteiger partial charge in [-0.3, -0.25) is 19.2 Å². The van der Waals surface area contributed by atoms with Crippen LogP contribution in [0.4, 0.5) is 0 Å². The Bertz CT molecular complexity index is 696. The van der Waals surface area contributed by atoms with Crippen LogP contribution in [0.15, 0.2) is 0 Å². The maximum atomic E-state index is 12.9. The van der Waals surface area contributed by atoms with Gasteiger partial charge in [-0.2, -0.15) is 0 Å². The van der Waals surface area contributed by atoms with Gasteiger partial charge >= 0.3 is 5.97 Å². The van der Waals surface area contributed by atoms with Gasteiger partial charge in [0.25, 0.3) is 0 Å². The Morgan fingerprint density at radius 2 is 1.61 bits per heavy atom. The van der Waals surface area contributed by atoms with Crippen LogP contribution in [0.1, 0.15) is 53.4 Å². The van der Waals surface area contributed by atoms with E-state index in [2.05, 4.69) is 10.6 Å². The van der Waals surface area contributed by atoms with Crippen molar-refractivity contribution in [2.45, 2.75) is 77.5 Å². The molecule has 0 bridgehead atoms. The molecule has 1 rings (SSSR count). The Hall–Kier alpha value is -2.69. The van der Waals surface area contributed by atoms with Crippen LogP contribution in [0.25, 0.3) is 0 Å². The molecule has 1 fully saturated rings. The number of carbonyl (C=O) groups is 5. The van der Waals surface area contributed by atoms with Gasteiger partial charge in [0.2, 0.25) is 23.6 Å². The van der Waals surface area contributed by atoms with Gasteiger partial charge in [-0.05, 0) is 31.1 Å². The van der Waals surface area contributed by atoms with Gasteiger partial charge in [0, 0.05) is 13.0 Å². The number of nitrogens with one attached hydrogen (secondary N) is 2. The quantitative estimate of drug-likeness (QED) is 0.270. The molecule has 1 aliphatic heterocycles. The second-order valence-electron chi connectivity index (χ2n) is 8.60. The van der Waals surface area contributed by atoms with Gasteiger partial charge in [0.1, 0.15) is 18.1 Å². The van der Waals surface area contributed by atoms with Crippen molar-refractivity contribution in [2.75, 3.05) is 6.54 Å². The monoisotopic (exact) mass is 441 g/mol. The summed E-state index contributed by atoms with van der Waals surface area (Å²) in [5.41, 5.74) is 11.0. The number of rotatable bonds is 11. The smallest absolute Gasteiger partial charge is 0.326 e. The van der Waals surface area contributed by atoms with Crippen LogP contribution in [0.5, 0.6) is 0 Å². The molecule has 31 heavy (non-hydrogen) atoms. The van der Waals surface area contributed by atoms with E-state index < -0.39 is 53.8 Å². The van der Waals surface area contributed by atoms with Crippen LogP contribution in [0, 0.1) is 11.8 Å². The molecule has 0 radical (unpaired) electrons. The molecule has 176 valence electrons. The van der Waals surface area contributed by atoms with Crippen molar-refractivity contribution in [3.05, 3.63) is 0 Å². The van der Waals surface area contributed by atoms with E-state index in [9.17, 15) is 29.1 Å². The lowest BCUT2D eigenvalue weighted by Gasteiger charge is -2.30. The third-order valence-corrected chi connectivity index (χ3v) is 5.33. The summed E-state index contributed by atoms with van der Waals surface area (Å²) in [6, 6.07) is -3.79. The van der Waals surface area contributed by atoms with E-state index in [-0.39, 0.29) is 24.7 Å². The summed E-state index contributed by atoms with van der Waals surface area (Å²) in [5, 5.41) is 14.4. The van der Waals surface area contributed by atoms with E-state index in [1.165, 1.54) is 4.90 Å². The second kappa shape index (κ2) is 11.6. The van der Waals surface area contributed by atoms with Gasteiger partial charge in [0.05, 0.1) is 6.04 Å². The highest BCUT2D eigenvalue weighted by atomic mass is 16.4. The fourth-order valence-corrected chi connectivity index (χ4v) is 3.48. The largest absolute Gasteiger partial charge is 0.480 e. The number of carboxylic acid groups (broad SMARTS) is 1. The van der Waals surface area contributed by atoms with E-state index >= 15 is 0 Å². The first-order valence-corrected chi connectivity index (χ1v) is 10.5. The predicted octanol–water partition coefficient (Wildman–Crippen LogP) is -1.06. The van der Waals surface area contributed by atoms with Crippen LogP contribution in [0.3, 0.4) is 0 Å². The molecular formula is C20H35N5O6. The van der Waals surface area contributed by atoms with E-state index in [0.717, 1.165) is 0 Å². The lowest BCUT2D eigenvalue weighted by molar-refractivity contribution is -0.144. The molecule has 1 saturated heterocycles. The molecule has 1 heterocycles. The number of carboxylic acids is 1. The number of carbonyl (C=O) groups excluding carboxylic acids is 4. The summed E-state index contributed by atoms with van der Waals surface area (Å²) in [6.07, 6.45) is 1.06. The fraction of sp³-hybridized carbons (Fsp3) is 0.750. The summed E-state index contributed by atoms with van der Waals surface area (Å²) in [6.45, 7) is 7.14. The van der Waals surface area contributed by atoms with Gasteiger partial charge in [-0.1, -0.05) is 27.7 Å². The van der Waals surface area contributed by atoms with Gasteiger partial charge < -0.3 is 32.1 Å². The number of nitrogens with two attached hydrogens (primary N) is 2. The molecule has 0 aromatic heterocycles. The third kappa shape index (κ3) is 7.50. The standard InChI is InChI=1S/C20H35N5O6/c1-10(2)15(18(28)24-16(11(3)4)20(30)31)23-17(27)13-6-5-9-25(13)19(29)12(21)7-8-14(22)26/h10-13,15-16H,5-9,21H2,1-4H3,(H2,22,26)(H,23,27)(H,24,28)(H,30,31)/t12-,13-,15?,16?/m1/s1. The summed E-state index contributed by atoms with van der Waals surface area (Å²) in [4.78, 5) is 61.9. The molecule has 4 amide bonds. The van der Waals surface area contributed by atoms with Crippen LogP contribution in [-0.2, 0) is 24.0 Å². The Balaban J connectivity index is 2.86. The first-order valence-electron chi connectivity index (χ1n) is 10.5. The number of amides is 4. The zero-order chi connectivity index (χ0) is 23.9. The summed E-state index contributed by atoms with van der Waals surface area (Å²) < 4.78 is 0. The lowest BCUT2D eigenvalue weighted by Crippen LogP contribution is -2.58. The lowest BCUT2D eigenvalue weighted by atomic mass is 9.99. The number of aliphatic carboxylic acids is 1. The summed E-state index contributed by atoms with van der Waals surface area (Å²) in [7, 11) is 0. The van der Waals surface area contributed by atoms with Gasteiger partial charge in [-0.25, -0.2) is 4.79 Å². The normalized spacial score (nSPS) is 19.1. The Kier molecular flexibility index (Phi) is 9.89. The SMILES string of the molecule is CC(C)C(NC(=O)C(NC(=O)[C@H]1CCCN1C(=O)[C@H](N)CCC(N)=O)C(C)C)C(=O)O. The minimum atomic E-state index is -1.16. The number of likely N-dealkylation sites (tertiary alicyclic amines) is 1. The van der Waals surface area contributed by atoms with Crippen molar-refractivity contribution in [3.8, 4) is 0 Å². The third-order valence-electron chi connectivity index (χ3n) is 5.33. The Morgan fingerprint density at radius 3 is 2.10 bits per heavy atom. The van der Waals surface area contributed by atoms with Crippen LogP contribution in [-0.4, -0.2) is 70.3 Å². The van der Waals surface area contributed by atoms with Gasteiger partial charge in [-0.15, -0.1) is 0 Å². The minimum absolute atomic E-state index is 0.0339. The molecule has 1 aliphatic rings. The van der Waals surface area contributed by atoms with Crippen LogP contribution < -0.4 is 22.1 Å². The van der Waals surface area contributed by atoms with Crippen molar-refractivity contribution in [1.82, 2.24) is 15.5 Å². The predicted molar refractivity (Wildman–Crippen MR) is 112 cm³/mol. The number of nitrogens with zero attached hydrogens (tertiary/aromatic N) is 1. The molecule has 0 aliphatic carbocycles. The molecule has 0 aromatic rings. The molecule has 0 saturated carbocycles. The fourth-order valence-electron chi connectivity index (χ4n) is 3.48. The highest BCUT2D eigenvalue weighted by Gasteiger charge is 2.38. The highest BCUT2D eigenvalue weighted by molar-refractivity contribution is 5.94. The number of primary amides is 1. The van der Waals surface area contributed by atoms with E-state index in [1.54, 1.807) is 27.7 Å². The molecule has 0 spiro atoms. The van der Waals surface area contributed by atoms with Crippen molar-refractivity contribution >= 4 is 29.6 Å². The highest BCUT2D eigenvalue weighted by Crippen LogP contribution is 2.20. The average Bonchev–Trinajstić information content (AvgIpc) is 3.16.